The molecule has 0 bridgehead atoms. The Hall–Kier alpha value is -1.99. The molecule has 7 nitrogen and oxygen atoms in total. The second kappa shape index (κ2) is 8.59. The number of nitrogens with one attached hydrogen (secondary N) is 2. The quantitative estimate of drug-likeness (QED) is 0.604. The van der Waals surface area contributed by atoms with E-state index in [0.717, 1.165) is 11.4 Å². The zero-order valence-corrected chi connectivity index (χ0v) is 14.0. The number of alkyl carbamates (subject to hydrolysis) is 1. The number of carbonyl (C=O) groups excluding carboxylic acids is 1. The Labute approximate surface area is 136 Å². The fraction of sp³-hybridized carbons (Fsp3) is 0.562. The molecule has 0 heterocycles. The van der Waals surface area contributed by atoms with Crippen molar-refractivity contribution in [1.29, 1.82) is 0 Å². The number of anilines is 1. The molecule has 1 amide bonds. The lowest BCUT2D eigenvalue weighted by Gasteiger charge is -2.22. The molecule has 2 atom stereocenters. The predicted molar refractivity (Wildman–Crippen MR) is 87.7 cm³/mol. The Morgan fingerprint density at radius 3 is 2.22 bits per heavy atom. The van der Waals surface area contributed by atoms with Gasteiger partial charge in [-0.2, -0.15) is 0 Å². The average molecular weight is 326 g/mol. The van der Waals surface area contributed by atoms with E-state index in [1.165, 1.54) is 0 Å². The van der Waals surface area contributed by atoms with Gasteiger partial charge in [0.05, 0.1) is 19.3 Å². The van der Waals surface area contributed by atoms with Crippen molar-refractivity contribution in [2.75, 3.05) is 25.5 Å². The van der Waals surface area contributed by atoms with Gasteiger partial charge >= 0.3 is 6.09 Å². The van der Waals surface area contributed by atoms with Gasteiger partial charge in [0.1, 0.15) is 11.4 Å². The summed E-state index contributed by atoms with van der Waals surface area (Å²) in [4.78, 5) is 11.5. The number of hydrogen-bond donors (Lipinski definition) is 4. The van der Waals surface area contributed by atoms with Crippen molar-refractivity contribution >= 4 is 11.8 Å². The molecule has 7 heteroatoms. The van der Waals surface area contributed by atoms with Crippen LogP contribution in [-0.4, -0.2) is 54.3 Å². The number of rotatable bonds is 7. The molecule has 0 radical (unpaired) electrons. The minimum Gasteiger partial charge on any atom is -0.497 e. The lowest BCUT2D eigenvalue weighted by atomic mass is 10.2. The van der Waals surface area contributed by atoms with E-state index in [4.69, 9.17) is 9.47 Å². The minimum absolute atomic E-state index is 0.0969. The van der Waals surface area contributed by atoms with Crippen LogP contribution in [0.3, 0.4) is 0 Å². The zero-order chi connectivity index (χ0) is 17.5. The highest BCUT2D eigenvalue weighted by molar-refractivity contribution is 5.67. The van der Waals surface area contributed by atoms with E-state index in [2.05, 4.69) is 10.6 Å². The molecule has 4 N–H and O–H groups in total. The Bertz CT molecular complexity index is 484. The van der Waals surface area contributed by atoms with Crippen LogP contribution in [0.25, 0.3) is 0 Å². The van der Waals surface area contributed by atoms with Crippen LogP contribution >= 0.6 is 0 Å². The van der Waals surface area contributed by atoms with Gasteiger partial charge in [0.25, 0.3) is 0 Å². The van der Waals surface area contributed by atoms with E-state index in [9.17, 15) is 15.0 Å². The van der Waals surface area contributed by atoms with Gasteiger partial charge in [0.15, 0.2) is 0 Å². The lowest BCUT2D eigenvalue weighted by Crippen LogP contribution is -2.43. The molecule has 0 aliphatic heterocycles. The maximum Gasteiger partial charge on any atom is 0.407 e. The van der Waals surface area contributed by atoms with E-state index in [-0.39, 0.29) is 13.1 Å². The molecule has 0 spiro atoms. The van der Waals surface area contributed by atoms with E-state index < -0.39 is 23.9 Å². The first-order valence-electron chi connectivity index (χ1n) is 7.42. The van der Waals surface area contributed by atoms with Crippen LogP contribution in [0, 0.1) is 0 Å². The number of carbonyl (C=O) groups is 1. The van der Waals surface area contributed by atoms with Crippen molar-refractivity contribution in [2.24, 2.45) is 0 Å². The van der Waals surface area contributed by atoms with E-state index in [1.54, 1.807) is 52.1 Å². The molecule has 0 unspecified atom stereocenters. The third-order valence-corrected chi connectivity index (χ3v) is 2.90. The number of aliphatic hydroxyl groups excluding tert-OH is 2. The number of amides is 1. The van der Waals surface area contributed by atoms with E-state index in [1.807, 2.05) is 0 Å². The molecule has 23 heavy (non-hydrogen) atoms. The van der Waals surface area contributed by atoms with Crippen molar-refractivity contribution in [3.05, 3.63) is 24.3 Å². The van der Waals surface area contributed by atoms with Gasteiger partial charge < -0.3 is 30.3 Å². The van der Waals surface area contributed by atoms with Gasteiger partial charge in [0.2, 0.25) is 0 Å². The molecule has 0 saturated heterocycles. The Morgan fingerprint density at radius 2 is 1.70 bits per heavy atom. The smallest absolute Gasteiger partial charge is 0.407 e. The SMILES string of the molecule is COc1ccc(NC[C@@H](O)[C@H](O)CNC(=O)OC(C)(C)C)cc1. The highest BCUT2D eigenvalue weighted by Gasteiger charge is 2.20. The number of methoxy groups -OCH3 is 1. The Morgan fingerprint density at radius 1 is 1.13 bits per heavy atom. The summed E-state index contributed by atoms with van der Waals surface area (Å²) in [6.45, 7) is 5.29. The van der Waals surface area contributed by atoms with Crippen LogP contribution in [0.2, 0.25) is 0 Å². The van der Waals surface area contributed by atoms with Crippen molar-refractivity contribution < 1.29 is 24.5 Å². The normalized spacial score (nSPS) is 13.8. The monoisotopic (exact) mass is 326 g/mol. The van der Waals surface area contributed by atoms with Crippen molar-refractivity contribution in [2.45, 2.75) is 38.6 Å². The number of hydrogen-bond acceptors (Lipinski definition) is 6. The molecular weight excluding hydrogens is 300 g/mol. The van der Waals surface area contributed by atoms with Gasteiger partial charge in [-0.1, -0.05) is 0 Å². The molecule has 0 saturated carbocycles. The fourth-order valence-corrected chi connectivity index (χ4v) is 1.71. The maximum atomic E-state index is 11.5. The van der Waals surface area contributed by atoms with E-state index >= 15 is 0 Å². The molecule has 0 fully saturated rings. The summed E-state index contributed by atoms with van der Waals surface area (Å²) in [5.41, 5.74) is 0.181. The largest absolute Gasteiger partial charge is 0.497 e. The lowest BCUT2D eigenvalue weighted by molar-refractivity contribution is 0.0202. The third-order valence-electron chi connectivity index (χ3n) is 2.90. The van der Waals surface area contributed by atoms with Crippen LogP contribution in [0.5, 0.6) is 5.75 Å². The highest BCUT2D eigenvalue weighted by Crippen LogP contribution is 2.15. The summed E-state index contributed by atoms with van der Waals surface area (Å²) in [5.74, 6) is 0.734. The topological polar surface area (TPSA) is 100 Å². The molecule has 0 aliphatic rings. The number of benzene rings is 1. The Kier molecular flexibility index (Phi) is 7.12. The minimum atomic E-state index is -1.10. The first-order valence-corrected chi connectivity index (χ1v) is 7.42. The molecule has 1 rings (SSSR count). The van der Waals surface area contributed by atoms with Crippen LogP contribution in [0.4, 0.5) is 10.5 Å². The summed E-state index contributed by atoms with van der Waals surface area (Å²) in [7, 11) is 1.58. The van der Waals surface area contributed by atoms with Crippen molar-refractivity contribution in [1.82, 2.24) is 5.32 Å². The molecule has 130 valence electrons. The summed E-state index contributed by atoms with van der Waals surface area (Å²) < 4.78 is 10.1. The first kappa shape index (κ1) is 19.1. The summed E-state index contributed by atoms with van der Waals surface area (Å²) in [5, 5.41) is 25.2. The first-order chi connectivity index (χ1) is 10.7. The second-order valence-electron chi connectivity index (χ2n) is 6.13. The van der Waals surface area contributed by atoms with Gasteiger partial charge in [-0.25, -0.2) is 4.79 Å². The van der Waals surface area contributed by atoms with Crippen LogP contribution in [0.1, 0.15) is 20.8 Å². The van der Waals surface area contributed by atoms with Crippen LogP contribution < -0.4 is 15.4 Å². The summed E-state index contributed by atoms with van der Waals surface area (Å²) >= 11 is 0. The average Bonchev–Trinajstić information content (AvgIpc) is 2.49. The summed E-state index contributed by atoms with van der Waals surface area (Å²) in [6, 6.07) is 7.18. The third kappa shape index (κ3) is 7.71. The fourth-order valence-electron chi connectivity index (χ4n) is 1.71. The van der Waals surface area contributed by atoms with E-state index in [0.29, 0.717) is 0 Å². The number of ether oxygens (including phenoxy) is 2. The molecule has 0 aromatic heterocycles. The van der Waals surface area contributed by atoms with Crippen molar-refractivity contribution in [3.8, 4) is 5.75 Å². The van der Waals surface area contributed by atoms with Gasteiger partial charge in [-0.3, -0.25) is 0 Å². The molecular formula is C16H26N2O5. The Balaban J connectivity index is 2.33. The van der Waals surface area contributed by atoms with Crippen LogP contribution in [0.15, 0.2) is 24.3 Å². The maximum absolute atomic E-state index is 11.5. The summed E-state index contributed by atoms with van der Waals surface area (Å²) in [6.07, 6.45) is -2.77. The van der Waals surface area contributed by atoms with Gasteiger partial charge in [-0.15, -0.1) is 0 Å². The molecule has 1 aromatic carbocycles. The van der Waals surface area contributed by atoms with Gasteiger partial charge in [-0.05, 0) is 45.0 Å². The standard InChI is InChI=1S/C16H26N2O5/c1-16(2,3)23-15(21)18-10-14(20)13(19)9-17-11-5-7-12(22-4)8-6-11/h5-8,13-14,17,19-20H,9-10H2,1-4H3,(H,18,21)/t13-,14-/m1/s1. The predicted octanol–water partition coefficient (Wildman–Crippen LogP) is 1.35. The number of aliphatic hydroxyl groups is 2. The highest BCUT2D eigenvalue weighted by atomic mass is 16.6. The molecule has 1 aromatic rings. The van der Waals surface area contributed by atoms with Crippen molar-refractivity contribution in [3.63, 3.8) is 0 Å². The second-order valence-corrected chi connectivity index (χ2v) is 6.13. The van der Waals surface area contributed by atoms with Crippen LogP contribution in [-0.2, 0) is 4.74 Å². The van der Waals surface area contributed by atoms with Gasteiger partial charge in [0, 0.05) is 18.8 Å². The molecule has 0 aliphatic carbocycles. The zero-order valence-electron chi connectivity index (χ0n) is 14.0.